The minimum absolute atomic E-state index is 0.150. The van der Waals surface area contributed by atoms with Crippen LogP contribution in [0.5, 0.6) is 11.5 Å². The van der Waals surface area contributed by atoms with E-state index in [1.54, 1.807) is 32.0 Å². The number of phenols is 1. The van der Waals surface area contributed by atoms with Gasteiger partial charge in [0.1, 0.15) is 17.3 Å². The second-order valence-electron chi connectivity index (χ2n) is 4.18. The summed E-state index contributed by atoms with van der Waals surface area (Å²) in [5.41, 5.74) is 0. The number of hydrogen-bond acceptors (Lipinski definition) is 5. The van der Waals surface area contributed by atoms with E-state index in [2.05, 4.69) is 15.8 Å². The van der Waals surface area contributed by atoms with Crippen molar-refractivity contribution in [2.45, 2.75) is 20.1 Å². The SMILES string of the molecule is Cc1cc(NC(=O)NC(C)Oc2ccc(O)cc2)no1. The summed E-state index contributed by atoms with van der Waals surface area (Å²) in [6, 6.07) is 7.36. The summed E-state index contributed by atoms with van der Waals surface area (Å²) >= 11 is 0. The highest BCUT2D eigenvalue weighted by atomic mass is 16.5. The van der Waals surface area contributed by atoms with E-state index in [1.807, 2.05) is 0 Å². The first-order valence-electron chi connectivity index (χ1n) is 5.99. The van der Waals surface area contributed by atoms with Crippen LogP contribution >= 0.6 is 0 Å². The maximum Gasteiger partial charge on any atom is 0.323 e. The van der Waals surface area contributed by atoms with Crippen LogP contribution in [0.3, 0.4) is 0 Å². The molecular formula is C13H15N3O4. The first kappa shape index (κ1) is 13.7. The van der Waals surface area contributed by atoms with E-state index in [4.69, 9.17) is 14.4 Å². The molecule has 0 aliphatic carbocycles. The van der Waals surface area contributed by atoms with Gasteiger partial charge in [0, 0.05) is 6.07 Å². The summed E-state index contributed by atoms with van der Waals surface area (Å²) < 4.78 is 10.3. The number of benzene rings is 1. The fraction of sp³-hybridized carbons (Fsp3) is 0.231. The molecule has 0 aliphatic heterocycles. The van der Waals surface area contributed by atoms with Crippen LogP contribution in [0.1, 0.15) is 12.7 Å². The number of carbonyl (C=O) groups is 1. The van der Waals surface area contributed by atoms with E-state index < -0.39 is 12.3 Å². The van der Waals surface area contributed by atoms with Gasteiger partial charge in [-0.1, -0.05) is 5.16 Å². The molecule has 1 aromatic carbocycles. The molecule has 3 N–H and O–H groups in total. The Kier molecular flexibility index (Phi) is 4.09. The number of aromatic hydroxyl groups is 1. The van der Waals surface area contributed by atoms with Crippen molar-refractivity contribution in [2.75, 3.05) is 5.32 Å². The third kappa shape index (κ3) is 3.91. The van der Waals surface area contributed by atoms with Gasteiger partial charge in [-0.15, -0.1) is 0 Å². The van der Waals surface area contributed by atoms with Crippen LogP contribution in [-0.4, -0.2) is 22.5 Å². The fourth-order valence-corrected chi connectivity index (χ4v) is 1.52. The van der Waals surface area contributed by atoms with Gasteiger partial charge in [-0.2, -0.15) is 0 Å². The largest absolute Gasteiger partial charge is 0.508 e. The normalized spacial score (nSPS) is 11.7. The highest BCUT2D eigenvalue weighted by molar-refractivity contribution is 5.88. The molecule has 20 heavy (non-hydrogen) atoms. The van der Waals surface area contributed by atoms with Crippen molar-refractivity contribution in [1.82, 2.24) is 10.5 Å². The molecule has 2 aromatic rings. The van der Waals surface area contributed by atoms with Crippen molar-refractivity contribution in [3.63, 3.8) is 0 Å². The predicted molar refractivity (Wildman–Crippen MR) is 71.6 cm³/mol. The lowest BCUT2D eigenvalue weighted by atomic mass is 10.3. The lowest BCUT2D eigenvalue weighted by Crippen LogP contribution is -2.39. The number of nitrogens with zero attached hydrogens (tertiary/aromatic N) is 1. The molecular weight excluding hydrogens is 262 g/mol. The van der Waals surface area contributed by atoms with E-state index in [-0.39, 0.29) is 5.75 Å². The first-order chi connectivity index (χ1) is 9.52. The zero-order valence-electron chi connectivity index (χ0n) is 11.1. The minimum atomic E-state index is -0.549. The monoisotopic (exact) mass is 277 g/mol. The average Bonchev–Trinajstić information content (AvgIpc) is 2.77. The van der Waals surface area contributed by atoms with Crippen LogP contribution in [0.15, 0.2) is 34.9 Å². The quantitative estimate of drug-likeness (QED) is 0.745. The average molecular weight is 277 g/mol. The molecule has 2 amide bonds. The van der Waals surface area contributed by atoms with Crippen molar-refractivity contribution in [3.8, 4) is 11.5 Å². The second kappa shape index (κ2) is 5.96. The van der Waals surface area contributed by atoms with Crippen LogP contribution in [-0.2, 0) is 0 Å². The molecule has 2 rings (SSSR count). The second-order valence-corrected chi connectivity index (χ2v) is 4.18. The minimum Gasteiger partial charge on any atom is -0.508 e. The topological polar surface area (TPSA) is 96.6 Å². The number of aromatic nitrogens is 1. The molecule has 106 valence electrons. The van der Waals surface area contributed by atoms with Gasteiger partial charge < -0.3 is 19.7 Å². The van der Waals surface area contributed by atoms with Gasteiger partial charge in [0.2, 0.25) is 0 Å². The summed E-state index contributed by atoms with van der Waals surface area (Å²) in [6.45, 7) is 3.41. The molecule has 1 aromatic heterocycles. The van der Waals surface area contributed by atoms with Crippen molar-refractivity contribution < 1.29 is 19.2 Å². The molecule has 0 radical (unpaired) electrons. The smallest absolute Gasteiger partial charge is 0.323 e. The molecule has 1 atom stereocenters. The number of aryl methyl sites for hydroxylation is 1. The molecule has 7 nitrogen and oxygen atoms in total. The summed E-state index contributed by atoms with van der Waals surface area (Å²) in [5, 5.41) is 17.9. The number of phenolic OH excluding ortho intramolecular Hbond substituents is 1. The Hall–Kier alpha value is -2.70. The molecule has 0 saturated heterocycles. The molecule has 0 fully saturated rings. The van der Waals surface area contributed by atoms with E-state index in [9.17, 15) is 4.79 Å². The molecule has 0 spiro atoms. The summed E-state index contributed by atoms with van der Waals surface area (Å²) in [4.78, 5) is 11.7. The number of rotatable bonds is 4. The van der Waals surface area contributed by atoms with Gasteiger partial charge >= 0.3 is 6.03 Å². The predicted octanol–water partition coefficient (Wildman–Crippen LogP) is 2.24. The lowest BCUT2D eigenvalue weighted by Gasteiger charge is -2.16. The van der Waals surface area contributed by atoms with E-state index in [1.165, 1.54) is 12.1 Å². The third-order valence-corrected chi connectivity index (χ3v) is 2.35. The van der Waals surface area contributed by atoms with Gasteiger partial charge in [0.05, 0.1) is 0 Å². The highest BCUT2D eigenvalue weighted by Gasteiger charge is 2.10. The summed E-state index contributed by atoms with van der Waals surface area (Å²) in [7, 11) is 0. The van der Waals surface area contributed by atoms with Crippen molar-refractivity contribution in [2.24, 2.45) is 0 Å². The van der Waals surface area contributed by atoms with Gasteiger partial charge in [-0.25, -0.2) is 4.79 Å². The zero-order valence-corrected chi connectivity index (χ0v) is 11.1. The number of hydrogen-bond donors (Lipinski definition) is 3. The molecule has 1 unspecified atom stereocenters. The molecule has 0 bridgehead atoms. The Morgan fingerprint density at radius 1 is 1.40 bits per heavy atom. The molecule has 0 aliphatic rings. The number of ether oxygens (including phenoxy) is 1. The maximum absolute atomic E-state index is 11.7. The van der Waals surface area contributed by atoms with Gasteiger partial charge in [0.15, 0.2) is 12.0 Å². The Labute approximate surface area is 115 Å². The van der Waals surface area contributed by atoms with Crippen molar-refractivity contribution in [1.29, 1.82) is 0 Å². The van der Waals surface area contributed by atoms with E-state index in [0.717, 1.165) is 0 Å². The van der Waals surface area contributed by atoms with E-state index >= 15 is 0 Å². The highest BCUT2D eigenvalue weighted by Crippen LogP contribution is 2.16. The number of carbonyl (C=O) groups excluding carboxylic acids is 1. The lowest BCUT2D eigenvalue weighted by molar-refractivity contribution is 0.183. The standard InChI is InChI=1S/C13H15N3O4/c1-8-7-12(16-20-8)15-13(18)14-9(2)19-11-5-3-10(17)4-6-11/h3-7,9,17H,1-2H3,(H2,14,15,16,18). The van der Waals surface area contributed by atoms with Crippen LogP contribution < -0.4 is 15.4 Å². The van der Waals surface area contributed by atoms with E-state index in [0.29, 0.717) is 17.3 Å². The van der Waals surface area contributed by atoms with Crippen LogP contribution in [0.25, 0.3) is 0 Å². The van der Waals surface area contributed by atoms with Gasteiger partial charge in [0.25, 0.3) is 0 Å². The molecule has 1 heterocycles. The summed E-state index contributed by atoms with van der Waals surface area (Å²) in [6.07, 6.45) is -0.549. The van der Waals surface area contributed by atoms with Gasteiger partial charge in [-0.3, -0.25) is 5.32 Å². The summed E-state index contributed by atoms with van der Waals surface area (Å²) in [5.74, 6) is 1.62. The first-order valence-corrected chi connectivity index (χ1v) is 5.99. The Morgan fingerprint density at radius 2 is 2.10 bits per heavy atom. The molecule has 0 saturated carbocycles. The van der Waals surface area contributed by atoms with Crippen LogP contribution in [0.4, 0.5) is 10.6 Å². The molecule has 7 heteroatoms. The maximum atomic E-state index is 11.7. The Morgan fingerprint density at radius 3 is 2.70 bits per heavy atom. The third-order valence-electron chi connectivity index (χ3n) is 2.35. The Balaban J connectivity index is 1.83. The van der Waals surface area contributed by atoms with Gasteiger partial charge in [-0.05, 0) is 38.1 Å². The number of amides is 2. The van der Waals surface area contributed by atoms with Crippen LogP contribution in [0.2, 0.25) is 0 Å². The number of anilines is 1. The fourth-order valence-electron chi connectivity index (χ4n) is 1.52. The Bertz CT molecular complexity index is 580. The number of nitrogens with one attached hydrogen (secondary N) is 2. The zero-order chi connectivity index (χ0) is 14.5. The van der Waals surface area contributed by atoms with Crippen molar-refractivity contribution in [3.05, 3.63) is 36.1 Å². The number of urea groups is 1. The van der Waals surface area contributed by atoms with Crippen LogP contribution in [0, 0.1) is 6.92 Å². The van der Waals surface area contributed by atoms with Crippen molar-refractivity contribution >= 4 is 11.8 Å².